The van der Waals surface area contributed by atoms with Gasteiger partial charge in [0.05, 0.1) is 0 Å². The molecule has 2 heterocycles. The molecule has 0 aliphatic carbocycles. The van der Waals surface area contributed by atoms with E-state index in [1.54, 1.807) is 4.90 Å². The lowest BCUT2D eigenvalue weighted by atomic mass is 9.73. The molecule has 0 bridgehead atoms. The lowest BCUT2D eigenvalue weighted by Crippen LogP contribution is -2.62. The number of carbonyl (C=O) groups excluding carboxylic acids is 1. The minimum absolute atomic E-state index is 0.00456. The lowest BCUT2D eigenvalue weighted by Gasteiger charge is -2.53. The molecule has 2 rings (SSSR count). The molecule has 2 fully saturated rings. The van der Waals surface area contributed by atoms with E-state index in [4.69, 9.17) is 0 Å². The quantitative estimate of drug-likeness (QED) is 0.808. The Morgan fingerprint density at radius 1 is 1.24 bits per heavy atom. The van der Waals surface area contributed by atoms with E-state index < -0.39 is 6.09 Å². The summed E-state index contributed by atoms with van der Waals surface area (Å²) in [5.41, 5.74) is -0.0731. The van der Waals surface area contributed by atoms with Crippen LogP contribution >= 0.6 is 0 Å². The van der Waals surface area contributed by atoms with Crippen LogP contribution in [0.4, 0.5) is 4.79 Å². The molecular weight excluding hydrogens is 268 g/mol. The van der Waals surface area contributed by atoms with Crippen LogP contribution in [0.2, 0.25) is 0 Å². The van der Waals surface area contributed by atoms with Crippen LogP contribution < -0.4 is 0 Å². The highest BCUT2D eigenvalue weighted by molar-refractivity contribution is 5.79. The minimum Gasteiger partial charge on any atom is -0.465 e. The highest BCUT2D eigenvalue weighted by Gasteiger charge is 2.46. The molecule has 0 radical (unpaired) electrons. The molecule has 1 amide bonds. The van der Waals surface area contributed by atoms with Gasteiger partial charge in [-0.2, -0.15) is 0 Å². The molecule has 5 heteroatoms. The first-order chi connectivity index (χ1) is 9.63. The zero-order valence-corrected chi connectivity index (χ0v) is 13.7. The van der Waals surface area contributed by atoms with E-state index in [0.717, 1.165) is 25.9 Å². The summed E-state index contributed by atoms with van der Waals surface area (Å²) in [6.45, 7) is 10.8. The van der Waals surface area contributed by atoms with Crippen LogP contribution in [0.15, 0.2) is 0 Å². The zero-order chi connectivity index (χ0) is 15.8. The van der Waals surface area contributed by atoms with Gasteiger partial charge in [-0.15, -0.1) is 0 Å². The second-order valence-electron chi connectivity index (χ2n) is 7.83. The van der Waals surface area contributed by atoms with E-state index >= 15 is 0 Å². The van der Waals surface area contributed by atoms with Crippen molar-refractivity contribution >= 4 is 11.9 Å². The molecule has 0 aromatic heterocycles. The Balaban J connectivity index is 2.16. The van der Waals surface area contributed by atoms with Gasteiger partial charge in [0.1, 0.15) is 5.78 Å². The van der Waals surface area contributed by atoms with E-state index in [9.17, 15) is 14.7 Å². The number of hydrogen-bond donors (Lipinski definition) is 1. The smallest absolute Gasteiger partial charge is 0.407 e. The molecule has 5 nitrogen and oxygen atoms in total. The van der Waals surface area contributed by atoms with Crippen molar-refractivity contribution in [3.8, 4) is 0 Å². The second-order valence-corrected chi connectivity index (χ2v) is 7.83. The molecule has 0 saturated carbocycles. The van der Waals surface area contributed by atoms with Gasteiger partial charge in [0.25, 0.3) is 0 Å². The maximum absolute atomic E-state index is 11.5. The third-order valence-corrected chi connectivity index (χ3v) is 5.23. The van der Waals surface area contributed by atoms with Crippen LogP contribution in [-0.4, -0.2) is 58.0 Å². The van der Waals surface area contributed by atoms with Gasteiger partial charge >= 0.3 is 6.09 Å². The number of carboxylic acid groups (broad SMARTS) is 1. The molecule has 21 heavy (non-hydrogen) atoms. The van der Waals surface area contributed by atoms with E-state index in [2.05, 4.69) is 32.6 Å². The summed E-state index contributed by atoms with van der Waals surface area (Å²) in [5, 5.41) is 9.45. The SMILES string of the molecule is CC(C)(C)C1CC(C)(N2CCC(=O)CC2)CCN1C(=O)O. The Bertz CT molecular complexity index is 420. The lowest BCUT2D eigenvalue weighted by molar-refractivity contribution is -0.123. The Kier molecular flexibility index (Phi) is 4.34. The molecule has 2 aliphatic heterocycles. The summed E-state index contributed by atoms with van der Waals surface area (Å²) in [6.07, 6.45) is 2.15. The van der Waals surface area contributed by atoms with Gasteiger partial charge in [0.2, 0.25) is 0 Å². The van der Waals surface area contributed by atoms with Crippen LogP contribution in [0.25, 0.3) is 0 Å². The fraction of sp³-hybridized carbons (Fsp3) is 0.875. The first kappa shape index (κ1) is 16.3. The summed E-state index contributed by atoms with van der Waals surface area (Å²) >= 11 is 0. The standard InChI is InChI=1S/C16H28N2O3/c1-15(2,3)13-11-16(4,7-10-18(13)14(20)21)17-8-5-12(19)6-9-17/h13H,5-11H2,1-4H3,(H,20,21). The molecule has 2 aliphatic rings. The average Bonchev–Trinajstić information content (AvgIpc) is 2.38. The number of nitrogens with zero attached hydrogens (tertiary/aromatic N) is 2. The van der Waals surface area contributed by atoms with Gasteiger partial charge in [-0.05, 0) is 25.2 Å². The molecule has 0 aromatic carbocycles. The summed E-state index contributed by atoms with van der Waals surface area (Å²) in [4.78, 5) is 27.0. The van der Waals surface area contributed by atoms with Crippen LogP contribution in [0.3, 0.4) is 0 Å². The molecule has 2 unspecified atom stereocenters. The van der Waals surface area contributed by atoms with E-state index in [0.29, 0.717) is 25.2 Å². The fourth-order valence-electron chi connectivity index (χ4n) is 3.73. The number of hydrogen-bond acceptors (Lipinski definition) is 3. The van der Waals surface area contributed by atoms with Crippen LogP contribution in [0.5, 0.6) is 0 Å². The maximum atomic E-state index is 11.5. The Morgan fingerprint density at radius 2 is 1.81 bits per heavy atom. The summed E-state index contributed by atoms with van der Waals surface area (Å²) < 4.78 is 0. The van der Waals surface area contributed by atoms with Crippen molar-refractivity contribution in [3.63, 3.8) is 0 Å². The predicted octanol–water partition coefficient (Wildman–Crippen LogP) is 2.60. The number of amides is 1. The number of carbonyl (C=O) groups is 2. The van der Waals surface area contributed by atoms with Crippen molar-refractivity contribution in [2.75, 3.05) is 19.6 Å². The Labute approximate surface area is 127 Å². The van der Waals surface area contributed by atoms with Crippen molar-refractivity contribution in [2.45, 2.75) is 65.0 Å². The van der Waals surface area contributed by atoms with E-state index in [1.807, 2.05) is 0 Å². The van der Waals surface area contributed by atoms with Crippen molar-refractivity contribution < 1.29 is 14.7 Å². The molecule has 1 N–H and O–H groups in total. The minimum atomic E-state index is -0.814. The van der Waals surface area contributed by atoms with Gasteiger partial charge in [0.15, 0.2) is 0 Å². The van der Waals surface area contributed by atoms with Crippen LogP contribution in [0.1, 0.15) is 53.4 Å². The Morgan fingerprint density at radius 3 is 2.29 bits per heavy atom. The zero-order valence-electron chi connectivity index (χ0n) is 13.7. The molecule has 0 spiro atoms. The number of Topliss-reactive ketones (excluding diaryl/α,β-unsaturated/α-hetero) is 1. The fourth-order valence-corrected chi connectivity index (χ4v) is 3.73. The normalized spacial score (nSPS) is 32.3. The van der Waals surface area contributed by atoms with E-state index in [-0.39, 0.29) is 17.0 Å². The largest absolute Gasteiger partial charge is 0.465 e. The van der Waals surface area contributed by atoms with Crippen molar-refractivity contribution in [3.05, 3.63) is 0 Å². The van der Waals surface area contributed by atoms with E-state index in [1.165, 1.54) is 0 Å². The van der Waals surface area contributed by atoms with Gasteiger partial charge in [-0.1, -0.05) is 20.8 Å². The monoisotopic (exact) mass is 296 g/mol. The van der Waals surface area contributed by atoms with Crippen molar-refractivity contribution in [2.24, 2.45) is 5.41 Å². The number of piperidine rings is 2. The van der Waals surface area contributed by atoms with Gasteiger partial charge in [0, 0.05) is 44.1 Å². The second kappa shape index (κ2) is 5.59. The molecule has 0 aromatic rings. The van der Waals surface area contributed by atoms with Gasteiger partial charge in [-0.25, -0.2) is 4.79 Å². The Hall–Kier alpha value is -1.10. The predicted molar refractivity (Wildman–Crippen MR) is 81.4 cm³/mol. The number of ketones is 1. The number of rotatable bonds is 1. The summed E-state index contributed by atoms with van der Waals surface area (Å²) in [6, 6.07) is 0.0198. The molecule has 2 atom stereocenters. The third-order valence-electron chi connectivity index (χ3n) is 5.23. The third kappa shape index (κ3) is 3.39. The average molecular weight is 296 g/mol. The van der Waals surface area contributed by atoms with Crippen molar-refractivity contribution in [1.82, 2.24) is 9.80 Å². The topological polar surface area (TPSA) is 60.9 Å². The first-order valence-corrected chi connectivity index (χ1v) is 7.90. The van der Waals surface area contributed by atoms with Crippen LogP contribution in [0, 0.1) is 5.41 Å². The number of likely N-dealkylation sites (tertiary alicyclic amines) is 2. The molecular formula is C16H28N2O3. The van der Waals surface area contributed by atoms with Gasteiger partial charge in [-0.3, -0.25) is 9.69 Å². The molecule has 2 saturated heterocycles. The maximum Gasteiger partial charge on any atom is 0.407 e. The van der Waals surface area contributed by atoms with Gasteiger partial charge < -0.3 is 10.0 Å². The molecule has 120 valence electrons. The van der Waals surface area contributed by atoms with Crippen LogP contribution in [-0.2, 0) is 4.79 Å². The highest BCUT2D eigenvalue weighted by atomic mass is 16.4. The first-order valence-electron chi connectivity index (χ1n) is 7.90. The van der Waals surface area contributed by atoms with Crippen molar-refractivity contribution in [1.29, 1.82) is 0 Å². The summed E-state index contributed by atoms with van der Waals surface area (Å²) in [5.74, 6) is 0.352. The highest BCUT2D eigenvalue weighted by Crippen LogP contribution is 2.40. The summed E-state index contributed by atoms with van der Waals surface area (Å²) in [7, 11) is 0.